The number of benzene rings is 1. The summed E-state index contributed by atoms with van der Waals surface area (Å²) in [4.78, 5) is 14.0. The second-order valence-corrected chi connectivity index (χ2v) is 4.34. The molecule has 1 aliphatic rings. The zero-order valence-corrected chi connectivity index (χ0v) is 10.4. The molecule has 1 saturated carbocycles. The summed E-state index contributed by atoms with van der Waals surface area (Å²) in [6, 6.07) is 4.58. The lowest BCUT2D eigenvalue weighted by Crippen LogP contribution is -2.37. The number of carbonyl (C=O) groups excluding carboxylic acids is 1. The minimum Gasteiger partial charge on any atom is -0.496 e. The van der Waals surface area contributed by atoms with Crippen LogP contribution in [0, 0.1) is 5.82 Å². The summed E-state index contributed by atoms with van der Waals surface area (Å²) in [6.45, 7) is 0.819. The first kappa shape index (κ1) is 12.8. The number of hydrogen-bond donors (Lipinski definition) is 1. The van der Waals surface area contributed by atoms with Crippen LogP contribution in [0.25, 0.3) is 0 Å². The number of hydrogen-bond acceptors (Lipinski definition) is 3. The van der Waals surface area contributed by atoms with Gasteiger partial charge in [-0.15, -0.1) is 0 Å². The molecule has 0 atom stereocenters. The second kappa shape index (κ2) is 5.35. The van der Waals surface area contributed by atoms with Gasteiger partial charge in [0.2, 0.25) is 0 Å². The SMILES string of the molecule is COc1cccc(F)c1C(=O)N(CCN)C1CC1. The Morgan fingerprint density at radius 3 is 2.83 bits per heavy atom. The summed E-state index contributed by atoms with van der Waals surface area (Å²) < 4.78 is 18.9. The highest BCUT2D eigenvalue weighted by molar-refractivity contribution is 5.97. The molecule has 0 aliphatic heterocycles. The average molecular weight is 252 g/mol. The lowest BCUT2D eigenvalue weighted by molar-refractivity contribution is 0.0740. The summed E-state index contributed by atoms with van der Waals surface area (Å²) in [5.41, 5.74) is 5.50. The fourth-order valence-electron chi connectivity index (χ4n) is 2.00. The van der Waals surface area contributed by atoms with Crippen molar-refractivity contribution in [3.63, 3.8) is 0 Å². The van der Waals surface area contributed by atoms with Crippen molar-refractivity contribution in [3.8, 4) is 5.75 Å². The molecular formula is C13H17FN2O2. The van der Waals surface area contributed by atoms with Gasteiger partial charge in [-0.1, -0.05) is 6.07 Å². The van der Waals surface area contributed by atoms with Gasteiger partial charge in [0.05, 0.1) is 7.11 Å². The van der Waals surface area contributed by atoms with Gasteiger partial charge in [-0.25, -0.2) is 4.39 Å². The average Bonchev–Trinajstić information content (AvgIpc) is 3.19. The Bertz CT molecular complexity index is 447. The molecule has 0 spiro atoms. The van der Waals surface area contributed by atoms with E-state index in [2.05, 4.69) is 0 Å². The summed E-state index contributed by atoms with van der Waals surface area (Å²) in [6.07, 6.45) is 1.92. The van der Waals surface area contributed by atoms with Gasteiger partial charge in [0.25, 0.3) is 5.91 Å². The molecule has 1 aromatic carbocycles. The number of halogens is 1. The lowest BCUT2D eigenvalue weighted by Gasteiger charge is -2.22. The molecule has 0 heterocycles. The quantitative estimate of drug-likeness (QED) is 0.861. The maximum absolute atomic E-state index is 13.8. The topological polar surface area (TPSA) is 55.6 Å². The van der Waals surface area contributed by atoms with E-state index in [1.165, 1.54) is 19.2 Å². The molecule has 0 radical (unpaired) electrons. The van der Waals surface area contributed by atoms with E-state index in [0.717, 1.165) is 12.8 Å². The molecule has 0 aromatic heterocycles. The highest BCUT2D eigenvalue weighted by Gasteiger charge is 2.34. The van der Waals surface area contributed by atoms with Gasteiger partial charge in [-0.2, -0.15) is 0 Å². The second-order valence-electron chi connectivity index (χ2n) is 4.34. The van der Waals surface area contributed by atoms with Crippen LogP contribution in [0.15, 0.2) is 18.2 Å². The molecule has 1 fully saturated rings. The Kier molecular flexibility index (Phi) is 3.81. The highest BCUT2D eigenvalue weighted by Crippen LogP contribution is 2.30. The summed E-state index contributed by atoms with van der Waals surface area (Å²) >= 11 is 0. The Balaban J connectivity index is 2.31. The predicted octanol–water partition coefficient (Wildman–Crippen LogP) is 1.40. The zero-order chi connectivity index (χ0) is 13.1. The van der Waals surface area contributed by atoms with Crippen LogP contribution in [0.5, 0.6) is 5.75 Å². The molecule has 0 unspecified atom stereocenters. The van der Waals surface area contributed by atoms with E-state index in [9.17, 15) is 9.18 Å². The predicted molar refractivity (Wildman–Crippen MR) is 66.1 cm³/mol. The molecule has 18 heavy (non-hydrogen) atoms. The first-order chi connectivity index (χ1) is 8.69. The third kappa shape index (κ3) is 2.46. The van der Waals surface area contributed by atoms with E-state index in [0.29, 0.717) is 13.1 Å². The molecule has 0 bridgehead atoms. The van der Waals surface area contributed by atoms with Crippen molar-refractivity contribution in [2.75, 3.05) is 20.2 Å². The van der Waals surface area contributed by atoms with Gasteiger partial charge >= 0.3 is 0 Å². The van der Waals surface area contributed by atoms with E-state index in [-0.39, 0.29) is 23.3 Å². The summed E-state index contributed by atoms with van der Waals surface area (Å²) in [5.74, 6) is -0.623. The zero-order valence-electron chi connectivity index (χ0n) is 10.4. The normalized spacial score (nSPS) is 14.4. The Morgan fingerprint density at radius 1 is 1.56 bits per heavy atom. The fourth-order valence-corrected chi connectivity index (χ4v) is 2.00. The number of methoxy groups -OCH3 is 1. The number of ether oxygens (including phenoxy) is 1. The molecule has 4 nitrogen and oxygen atoms in total. The maximum atomic E-state index is 13.8. The van der Waals surface area contributed by atoms with Crippen molar-refractivity contribution >= 4 is 5.91 Å². The first-order valence-electron chi connectivity index (χ1n) is 6.02. The monoisotopic (exact) mass is 252 g/mol. The molecule has 2 N–H and O–H groups in total. The van der Waals surface area contributed by atoms with Crippen LogP contribution >= 0.6 is 0 Å². The Morgan fingerprint density at radius 2 is 2.28 bits per heavy atom. The van der Waals surface area contributed by atoms with Crippen molar-refractivity contribution in [2.45, 2.75) is 18.9 Å². The van der Waals surface area contributed by atoms with Gasteiger partial charge in [-0.05, 0) is 25.0 Å². The van der Waals surface area contributed by atoms with Crippen molar-refractivity contribution < 1.29 is 13.9 Å². The van der Waals surface area contributed by atoms with Gasteiger partial charge in [0.15, 0.2) is 0 Å². The molecule has 0 saturated heterocycles. The van der Waals surface area contributed by atoms with Crippen molar-refractivity contribution in [2.24, 2.45) is 5.73 Å². The summed E-state index contributed by atoms with van der Waals surface area (Å²) in [7, 11) is 1.43. The van der Waals surface area contributed by atoms with Crippen molar-refractivity contribution in [1.29, 1.82) is 0 Å². The Hall–Kier alpha value is -1.62. The van der Waals surface area contributed by atoms with Gasteiger partial charge < -0.3 is 15.4 Å². The van der Waals surface area contributed by atoms with E-state index in [1.54, 1.807) is 11.0 Å². The number of nitrogens with zero attached hydrogens (tertiary/aromatic N) is 1. The molecule has 98 valence electrons. The molecular weight excluding hydrogens is 235 g/mol. The van der Waals surface area contributed by atoms with Crippen LogP contribution in [-0.4, -0.2) is 37.0 Å². The van der Waals surface area contributed by atoms with Crippen molar-refractivity contribution in [3.05, 3.63) is 29.6 Å². The summed E-state index contributed by atoms with van der Waals surface area (Å²) in [5, 5.41) is 0. The van der Waals surface area contributed by atoms with Gasteiger partial charge in [0.1, 0.15) is 17.1 Å². The Labute approximate surface area is 106 Å². The maximum Gasteiger partial charge on any atom is 0.260 e. The molecule has 5 heteroatoms. The third-order valence-corrected chi connectivity index (χ3v) is 3.03. The van der Waals surface area contributed by atoms with Crippen LogP contribution < -0.4 is 10.5 Å². The number of carbonyl (C=O) groups is 1. The van der Waals surface area contributed by atoms with Crippen molar-refractivity contribution in [1.82, 2.24) is 4.90 Å². The standard InChI is InChI=1S/C13H17FN2O2/c1-18-11-4-2-3-10(14)12(11)13(17)16(8-7-15)9-5-6-9/h2-4,9H,5-8,15H2,1H3. The third-order valence-electron chi connectivity index (χ3n) is 3.03. The largest absolute Gasteiger partial charge is 0.496 e. The number of nitrogens with two attached hydrogens (primary N) is 1. The van der Waals surface area contributed by atoms with Gasteiger partial charge in [-0.3, -0.25) is 4.79 Å². The van der Waals surface area contributed by atoms with Crippen LogP contribution in [-0.2, 0) is 0 Å². The first-order valence-corrected chi connectivity index (χ1v) is 6.02. The molecule has 1 aromatic rings. The minimum atomic E-state index is -0.554. The van der Waals surface area contributed by atoms with E-state index >= 15 is 0 Å². The van der Waals surface area contributed by atoms with Crippen LogP contribution in [0.2, 0.25) is 0 Å². The lowest BCUT2D eigenvalue weighted by atomic mass is 10.1. The minimum absolute atomic E-state index is 0.000324. The highest BCUT2D eigenvalue weighted by atomic mass is 19.1. The van der Waals surface area contributed by atoms with Crippen LogP contribution in [0.1, 0.15) is 23.2 Å². The van der Waals surface area contributed by atoms with E-state index < -0.39 is 5.82 Å². The number of amides is 1. The van der Waals surface area contributed by atoms with E-state index in [1.807, 2.05) is 0 Å². The van der Waals surface area contributed by atoms with Crippen LogP contribution in [0.4, 0.5) is 4.39 Å². The van der Waals surface area contributed by atoms with E-state index in [4.69, 9.17) is 10.5 Å². The van der Waals surface area contributed by atoms with Gasteiger partial charge in [0, 0.05) is 19.1 Å². The van der Waals surface area contributed by atoms with Crippen LogP contribution in [0.3, 0.4) is 0 Å². The molecule has 1 amide bonds. The molecule has 2 rings (SSSR count). The fraction of sp³-hybridized carbons (Fsp3) is 0.462. The number of rotatable bonds is 5. The smallest absolute Gasteiger partial charge is 0.260 e. The molecule has 1 aliphatic carbocycles.